The van der Waals surface area contributed by atoms with E-state index in [1.54, 1.807) is 18.2 Å². The first-order chi connectivity index (χ1) is 20.6. The summed E-state index contributed by atoms with van der Waals surface area (Å²) < 4.78 is 28.7. The molecule has 11 heteroatoms. The van der Waals surface area contributed by atoms with Crippen LogP contribution in [-0.4, -0.2) is 49.7 Å². The summed E-state index contributed by atoms with van der Waals surface area (Å²) in [4.78, 5) is 39.8. The molecule has 4 aromatic carbocycles. The minimum atomic E-state index is -4.35. The van der Waals surface area contributed by atoms with Crippen molar-refractivity contribution in [3.63, 3.8) is 0 Å². The second-order valence-corrected chi connectivity index (χ2v) is 11.8. The summed E-state index contributed by atoms with van der Waals surface area (Å²) in [5.41, 5.74) is 2.13. The third-order valence-electron chi connectivity index (χ3n) is 6.89. The van der Waals surface area contributed by atoms with Gasteiger partial charge in [-0.2, -0.15) is 0 Å². The summed E-state index contributed by atoms with van der Waals surface area (Å²) in [5.74, 6) is -1.07. The van der Waals surface area contributed by atoms with Crippen LogP contribution in [0.5, 0.6) is 0 Å². The summed E-state index contributed by atoms with van der Waals surface area (Å²) in [6.07, 6.45) is 0.181. The molecular formula is C32H32N4O6S. The predicted octanol–water partition coefficient (Wildman–Crippen LogP) is 4.48. The third kappa shape index (κ3) is 7.63. The van der Waals surface area contributed by atoms with Crippen molar-refractivity contribution < 1.29 is 22.9 Å². The number of sulfonamides is 1. The number of nitrogens with one attached hydrogen (secondary N) is 1. The van der Waals surface area contributed by atoms with E-state index in [2.05, 4.69) is 5.32 Å². The summed E-state index contributed by atoms with van der Waals surface area (Å²) in [6.45, 7) is 1.23. The number of non-ortho nitro benzene ring substituents is 1. The first kappa shape index (κ1) is 30.9. The number of rotatable bonds is 12. The van der Waals surface area contributed by atoms with Gasteiger partial charge in [-0.05, 0) is 36.2 Å². The highest BCUT2D eigenvalue weighted by atomic mass is 32.2. The van der Waals surface area contributed by atoms with Gasteiger partial charge in [-0.25, -0.2) is 8.42 Å². The first-order valence-corrected chi connectivity index (χ1v) is 15.0. The molecule has 1 unspecified atom stereocenters. The number of nitro benzene ring substituents is 1. The minimum Gasteiger partial charge on any atom is -0.357 e. The van der Waals surface area contributed by atoms with Gasteiger partial charge >= 0.3 is 0 Å². The molecule has 0 spiro atoms. The van der Waals surface area contributed by atoms with Crippen molar-refractivity contribution >= 4 is 33.2 Å². The van der Waals surface area contributed by atoms with Gasteiger partial charge in [-0.15, -0.1) is 0 Å². The molecule has 0 aliphatic carbocycles. The zero-order valence-corrected chi connectivity index (χ0v) is 24.6. The number of anilines is 1. The van der Waals surface area contributed by atoms with Gasteiger partial charge in [-0.3, -0.25) is 24.0 Å². The quantitative estimate of drug-likeness (QED) is 0.189. The van der Waals surface area contributed by atoms with E-state index in [9.17, 15) is 28.1 Å². The Kier molecular flexibility index (Phi) is 9.89. The second kappa shape index (κ2) is 13.8. The maximum absolute atomic E-state index is 14.3. The molecule has 1 atom stereocenters. The van der Waals surface area contributed by atoms with Crippen LogP contribution in [0.4, 0.5) is 11.4 Å². The SMILES string of the molecule is CNC(=O)C(Cc1ccccc1)N(Cc1cccc(C)c1)C(=O)CN(c1cccc([N+](=O)[O-])c1)S(=O)(=O)c1ccccc1. The normalized spacial score (nSPS) is 11.8. The van der Waals surface area contributed by atoms with Crippen LogP contribution in [0.15, 0.2) is 114 Å². The number of likely N-dealkylation sites (N-methyl/N-ethyl adjacent to an activating group) is 1. The van der Waals surface area contributed by atoms with Gasteiger partial charge in [0.05, 0.1) is 15.5 Å². The fraction of sp³-hybridized carbons (Fsp3) is 0.188. The monoisotopic (exact) mass is 600 g/mol. The third-order valence-corrected chi connectivity index (χ3v) is 8.68. The van der Waals surface area contributed by atoms with Gasteiger partial charge in [0.1, 0.15) is 12.6 Å². The van der Waals surface area contributed by atoms with Crippen LogP contribution >= 0.6 is 0 Å². The molecule has 0 aliphatic heterocycles. The molecule has 0 aliphatic rings. The molecule has 4 rings (SSSR count). The van der Waals surface area contributed by atoms with Crippen molar-refractivity contribution in [1.29, 1.82) is 0 Å². The highest BCUT2D eigenvalue weighted by Crippen LogP contribution is 2.28. The molecule has 43 heavy (non-hydrogen) atoms. The van der Waals surface area contributed by atoms with E-state index in [4.69, 9.17) is 0 Å². The van der Waals surface area contributed by atoms with Crippen molar-refractivity contribution in [1.82, 2.24) is 10.2 Å². The molecule has 0 fully saturated rings. The Morgan fingerprint density at radius 2 is 1.49 bits per heavy atom. The molecule has 4 aromatic rings. The second-order valence-electron chi connectivity index (χ2n) is 9.93. The van der Waals surface area contributed by atoms with Crippen LogP contribution in [-0.2, 0) is 32.6 Å². The zero-order chi connectivity index (χ0) is 31.0. The highest BCUT2D eigenvalue weighted by Gasteiger charge is 2.34. The largest absolute Gasteiger partial charge is 0.357 e. The average molecular weight is 601 g/mol. The number of carbonyl (C=O) groups excluding carboxylic acids is 2. The van der Waals surface area contributed by atoms with E-state index in [0.717, 1.165) is 27.1 Å². The average Bonchev–Trinajstić information content (AvgIpc) is 3.02. The molecule has 0 saturated carbocycles. The molecule has 0 heterocycles. The number of nitrogens with zero attached hydrogens (tertiary/aromatic N) is 3. The molecule has 0 radical (unpaired) electrons. The Labute approximate surface area is 250 Å². The summed E-state index contributed by atoms with van der Waals surface area (Å²) in [7, 11) is -2.88. The number of carbonyl (C=O) groups is 2. The van der Waals surface area contributed by atoms with E-state index in [1.165, 1.54) is 42.3 Å². The Morgan fingerprint density at radius 3 is 2.12 bits per heavy atom. The summed E-state index contributed by atoms with van der Waals surface area (Å²) in [5, 5.41) is 14.2. The van der Waals surface area contributed by atoms with E-state index in [1.807, 2.05) is 61.5 Å². The number of amides is 2. The van der Waals surface area contributed by atoms with E-state index in [-0.39, 0.29) is 29.2 Å². The van der Waals surface area contributed by atoms with Crippen molar-refractivity contribution in [2.24, 2.45) is 0 Å². The first-order valence-electron chi connectivity index (χ1n) is 13.5. The Morgan fingerprint density at radius 1 is 0.860 bits per heavy atom. The number of hydrogen-bond donors (Lipinski definition) is 1. The minimum absolute atomic E-state index is 0.0274. The lowest BCUT2D eigenvalue weighted by molar-refractivity contribution is -0.384. The van der Waals surface area contributed by atoms with Gasteiger partial charge in [-0.1, -0.05) is 84.4 Å². The lowest BCUT2D eigenvalue weighted by atomic mass is 10.0. The van der Waals surface area contributed by atoms with Crippen molar-refractivity contribution in [3.05, 3.63) is 136 Å². The van der Waals surface area contributed by atoms with Gasteiger partial charge in [0.2, 0.25) is 11.8 Å². The van der Waals surface area contributed by atoms with Crippen molar-refractivity contribution in [2.75, 3.05) is 17.9 Å². The van der Waals surface area contributed by atoms with Gasteiger partial charge < -0.3 is 10.2 Å². The molecule has 0 saturated heterocycles. The van der Waals surface area contributed by atoms with Gasteiger partial charge in [0, 0.05) is 32.1 Å². The lowest BCUT2D eigenvalue weighted by Gasteiger charge is -2.33. The van der Waals surface area contributed by atoms with Gasteiger partial charge in [0.25, 0.3) is 15.7 Å². The van der Waals surface area contributed by atoms with Gasteiger partial charge in [0.15, 0.2) is 0 Å². The van der Waals surface area contributed by atoms with E-state index >= 15 is 0 Å². The lowest BCUT2D eigenvalue weighted by Crippen LogP contribution is -2.53. The van der Waals surface area contributed by atoms with Crippen LogP contribution in [0.2, 0.25) is 0 Å². The van der Waals surface area contributed by atoms with E-state index in [0.29, 0.717) is 0 Å². The maximum Gasteiger partial charge on any atom is 0.271 e. The number of nitro groups is 1. The predicted molar refractivity (Wildman–Crippen MR) is 164 cm³/mol. The number of aryl methyl sites for hydroxylation is 1. The highest BCUT2D eigenvalue weighted by molar-refractivity contribution is 7.92. The van der Waals surface area contributed by atoms with Crippen molar-refractivity contribution in [2.45, 2.75) is 30.8 Å². The number of hydrogen-bond acceptors (Lipinski definition) is 6. The Bertz CT molecular complexity index is 1700. The molecule has 1 N–H and O–H groups in total. The topological polar surface area (TPSA) is 130 Å². The Hall–Kier alpha value is -5.03. The smallest absolute Gasteiger partial charge is 0.271 e. The molecule has 0 bridgehead atoms. The van der Waals surface area contributed by atoms with Crippen LogP contribution in [0, 0.1) is 17.0 Å². The van der Waals surface area contributed by atoms with Crippen LogP contribution in [0.1, 0.15) is 16.7 Å². The van der Waals surface area contributed by atoms with E-state index < -0.39 is 39.3 Å². The fourth-order valence-electron chi connectivity index (χ4n) is 4.74. The molecule has 0 aromatic heterocycles. The molecule has 2 amide bonds. The number of benzene rings is 4. The summed E-state index contributed by atoms with van der Waals surface area (Å²) in [6, 6.07) is 28.3. The van der Waals surface area contributed by atoms with Crippen LogP contribution in [0.25, 0.3) is 0 Å². The van der Waals surface area contributed by atoms with Crippen LogP contribution in [0.3, 0.4) is 0 Å². The molecule has 10 nitrogen and oxygen atoms in total. The fourth-order valence-corrected chi connectivity index (χ4v) is 6.16. The Balaban J connectivity index is 1.81. The van der Waals surface area contributed by atoms with Crippen molar-refractivity contribution in [3.8, 4) is 0 Å². The maximum atomic E-state index is 14.3. The van der Waals surface area contributed by atoms with Crippen LogP contribution < -0.4 is 9.62 Å². The zero-order valence-electron chi connectivity index (χ0n) is 23.8. The molecular weight excluding hydrogens is 568 g/mol. The summed E-state index contributed by atoms with van der Waals surface area (Å²) >= 11 is 0. The molecule has 222 valence electrons. The standard InChI is InChI=1S/C32H32N4O6S/c1-24-11-9-14-26(19-24)22-34(30(32(38)33-2)20-25-12-5-3-6-13-25)31(37)23-35(27-15-10-16-28(21-27)36(39)40)43(41,42)29-17-7-4-8-18-29/h3-19,21,30H,20,22-23H2,1-2H3,(H,33,38).